The molecule has 0 saturated carbocycles. The maximum atomic E-state index is 14.3. The molecule has 0 aliphatic carbocycles. The number of carbonyl (C=O) groups is 1. The molecule has 256 valence electrons. The van der Waals surface area contributed by atoms with Crippen LogP contribution >= 0.6 is 11.6 Å². The summed E-state index contributed by atoms with van der Waals surface area (Å²) < 4.78 is 56.7. The van der Waals surface area contributed by atoms with E-state index in [4.69, 9.17) is 21.1 Å². The zero-order valence-electron chi connectivity index (χ0n) is 26.5. The molecule has 6 rings (SSSR count). The van der Waals surface area contributed by atoms with Crippen molar-refractivity contribution in [2.75, 3.05) is 46.5 Å². The van der Waals surface area contributed by atoms with Crippen LogP contribution in [0.5, 0.6) is 5.75 Å². The predicted molar refractivity (Wildman–Crippen MR) is 175 cm³/mol. The topological polar surface area (TPSA) is 126 Å². The number of halogens is 4. The molecule has 49 heavy (non-hydrogen) atoms. The second-order valence-electron chi connectivity index (χ2n) is 11.4. The summed E-state index contributed by atoms with van der Waals surface area (Å²) in [6.07, 6.45) is 1.40. The SMILES string of the molecule is COc1cc(-c2cc(C(=O)NCCN3CCOCC3)ccc2Cl)cc2c1c(=O)n(Cc1ncn(C)n1)c(=O)n2Cc1cc(F)c(F)c(F)c1. The van der Waals surface area contributed by atoms with E-state index in [1.54, 1.807) is 31.3 Å². The summed E-state index contributed by atoms with van der Waals surface area (Å²) in [7, 11) is 2.96. The highest BCUT2D eigenvalue weighted by Gasteiger charge is 2.22. The number of morpholine rings is 1. The number of carbonyl (C=O) groups excluding carboxylic acids is 1. The Balaban J connectivity index is 1.46. The Morgan fingerprint density at radius 2 is 1.76 bits per heavy atom. The van der Waals surface area contributed by atoms with Gasteiger partial charge in [-0.1, -0.05) is 11.6 Å². The third-order valence-electron chi connectivity index (χ3n) is 8.20. The maximum Gasteiger partial charge on any atom is 0.332 e. The van der Waals surface area contributed by atoms with Crippen molar-refractivity contribution in [3.05, 3.63) is 109 Å². The van der Waals surface area contributed by atoms with E-state index in [0.29, 0.717) is 43.0 Å². The van der Waals surface area contributed by atoms with Crippen LogP contribution in [-0.2, 0) is 24.9 Å². The van der Waals surface area contributed by atoms with Crippen molar-refractivity contribution < 1.29 is 27.4 Å². The van der Waals surface area contributed by atoms with Crippen molar-refractivity contribution in [1.29, 1.82) is 0 Å². The third-order valence-corrected chi connectivity index (χ3v) is 8.53. The lowest BCUT2D eigenvalue weighted by Crippen LogP contribution is -2.41. The predicted octanol–water partition coefficient (Wildman–Crippen LogP) is 3.20. The summed E-state index contributed by atoms with van der Waals surface area (Å²) in [5, 5.41) is 7.30. The van der Waals surface area contributed by atoms with Crippen LogP contribution in [0.2, 0.25) is 5.02 Å². The summed E-state index contributed by atoms with van der Waals surface area (Å²) in [6, 6.07) is 9.29. The van der Waals surface area contributed by atoms with Crippen molar-refractivity contribution in [2.45, 2.75) is 13.1 Å². The number of benzene rings is 3. The molecule has 3 aromatic carbocycles. The highest BCUT2D eigenvalue weighted by Crippen LogP contribution is 2.35. The van der Waals surface area contributed by atoms with E-state index in [9.17, 15) is 27.6 Å². The molecule has 1 amide bonds. The van der Waals surface area contributed by atoms with Gasteiger partial charge in [0.1, 0.15) is 17.5 Å². The fourth-order valence-corrected chi connectivity index (χ4v) is 5.96. The average Bonchev–Trinajstić information content (AvgIpc) is 3.51. The number of amides is 1. The fraction of sp³-hybridized carbons (Fsp3) is 0.303. The molecule has 5 aromatic rings. The molecular formula is C33H31ClF3N7O5. The second kappa shape index (κ2) is 14.2. The first-order chi connectivity index (χ1) is 23.5. The average molecular weight is 698 g/mol. The quantitative estimate of drug-likeness (QED) is 0.221. The van der Waals surface area contributed by atoms with E-state index in [-0.39, 0.29) is 45.5 Å². The number of hydrogen-bond donors (Lipinski definition) is 1. The number of nitrogens with zero attached hydrogens (tertiary/aromatic N) is 6. The zero-order valence-corrected chi connectivity index (χ0v) is 27.3. The first kappa shape index (κ1) is 33.9. The largest absolute Gasteiger partial charge is 0.496 e. The third kappa shape index (κ3) is 7.09. The fourth-order valence-electron chi connectivity index (χ4n) is 5.73. The van der Waals surface area contributed by atoms with Gasteiger partial charge in [-0.15, -0.1) is 0 Å². The van der Waals surface area contributed by atoms with Gasteiger partial charge in [0.2, 0.25) is 0 Å². The first-order valence-electron chi connectivity index (χ1n) is 15.3. The lowest BCUT2D eigenvalue weighted by molar-refractivity contribution is 0.0383. The van der Waals surface area contributed by atoms with E-state index >= 15 is 0 Å². The van der Waals surface area contributed by atoms with Crippen LogP contribution in [0.4, 0.5) is 13.2 Å². The van der Waals surface area contributed by atoms with Gasteiger partial charge in [-0.05, 0) is 53.6 Å². The molecule has 1 fully saturated rings. The molecule has 12 nitrogen and oxygen atoms in total. The van der Waals surface area contributed by atoms with Gasteiger partial charge < -0.3 is 14.8 Å². The van der Waals surface area contributed by atoms with Crippen LogP contribution in [0, 0.1) is 17.5 Å². The molecule has 1 aliphatic rings. The molecule has 0 spiro atoms. The lowest BCUT2D eigenvalue weighted by atomic mass is 10.00. The number of nitrogens with one attached hydrogen (secondary N) is 1. The molecule has 16 heteroatoms. The van der Waals surface area contributed by atoms with Crippen LogP contribution in [0.25, 0.3) is 22.0 Å². The van der Waals surface area contributed by atoms with E-state index in [2.05, 4.69) is 20.3 Å². The number of methoxy groups -OCH3 is 1. The number of fused-ring (bicyclic) bond motifs is 1. The highest BCUT2D eigenvalue weighted by molar-refractivity contribution is 6.33. The van der Waals surface area contributed by atoms with Crippen molar-refractivity contribution in [3.8, 4) is 16.9 Å². The van der Waals surface area contributed by atoms with Gasteiger partial charge >= 0.3 is 5.69 Å². The number of aryl methyl sites for hydroxylation is 1. The summed E-state index contributed by atoms with van der Waals surface area (Å²) in [4.78, 5) is 47.3. The first-order valence-corrected chi connectivity index (χ1v) is 15.6. The van der Waals surface area contributed by atoms with Crippen molar-refractivity contribution >= 4 is 28.4 Å². The minimum Gasteiger partial charge on any atom is -0.496 e. The summed E-state index contributed by atoms with van der Waals surface area (Å²) in [6.45, 7) is 3.15. The van der Waals surface area contributed by atoms with Gasteiger partial charge in [-0.3, -0.25) is 28.3 Å². The summed E-state index contributed by atoms with van der Waals surface area (Å²) in [5.74, 6) is -4.65. The van der Waals surface area contributed by atoms with Crippen LogP contribution in [0.15, 0.2) is 58.4 Å². The molecule has 0 unspecified atom stereocenters. The molecule has 0 bridgehead atoms. The molecule has 0 atom stereocenters. The molecule has 1 saturated heterocycles. The number of ether oxygens (including phenoxy) is 2. The maximum absolute atomic E-state index is 14.3. The van der Waals surface area contributed by atoms with Crippen molar-refractivity contribution in [3.63, 3.8) is 0 Å². The van der Waals surface area contributed by atoms with Crippen LogP contribution in [0.1, 0.15) is 21.7 Å². The Kier molecular flexibility index (Phi) is 9.85. The van der Waals surface area contributed by atoms with Gasteiger partial charge in [0.25, 0.3) is 11.5 Å². The molecule has 1 N–H and O–H groups in total. The normalized spacial score (nSPS) is 13.6. The number of hydrogen-bond acceptors (Lipinski definition) is 8. The number of rotatable bonds is 10. The standard InChI is InChI=1S/C33H31ClF3N7O5/c1-41-18-39-28(40-41)17-44-32(46)29-26(43(33(44)47)16-19-11-24(35)30(37)25(36)12-19)14-21(15-27(29)48-2)22-13-20(3-4-23(22)34)31(45)38-5-6-42-7-9-49-10-8-42/h3-4,11-15,18H,5-10,16-17H2,1-2H3,(H,38,45). The van der Waals surface area contributed by atoms with Crippen LogP contribution in [0.3, 0.4) is 0 Å². The minimum absolute atomic E-state index is 0.0297. The monoisotopic (exact) mass is 697 g/mol. The van der Waals surface area contributed by atoms with Crippen molar-refractivity contribution in [2.24, 2.45) is 7.05 Å². The molecule has 0 radical (unpaired) electrons. The van der Waals surface area contributed by atoms with Crippen LogP contribution in [-0.4, -0.2) is 81.2 Å². The van der Waals surface area contributed by atoms with E-state index in [1.807, 2.05) is 0 Å². The molecular weight excluding hydrogens is 667 g/mol. The van der Waals surface area contributed by atoms with Gasteiger partial charge in [-0.2, -0.15) is 5.10 Å². The highest BCUT2D eigenvalue weighted by atomic mass is 35.5. The number of aromatic nitrogens is 5. The summed E-state index contributed by atoms with van der Waals surface area (Å²) >= 11 is 6.63. The lowest BCUT2D eigenvalue weighted by Gasteiger charge is -2.26. The molecule has 1 aliphatic heterocycles. The Morgan fingerprint density at radius 1 is 1.02 bits per heavy atom. The molecule has 3 heterocycles. The van der Waals surface area contributed by atoms with Crippen LogP contribution < -0.4 is 21.3 Å². The Morgan fingerprint density at radius 3 is 2.43 bits per heavy atom. The Hall–Kier alpha value is -4.99. The van der Waals surface area contributed by atoms with E-state index < -0.39 is 35.2 Å². The smallest absolute Gasteiger partial charge is 0.332 e. The van der Waals surface area contributed by atoms with E-state index in [0.717, 1.165) is 34.4 Å². The summed E-state index contributed by atoms with van der Waals surface area (Å²) in [5.41, 5.74) is -0.548. The van der Waals surface area contributed by atoms with Gasteiger partial charge in [-0.25, -0.2) is 22.9 Å². The van der Waals surface area contributed by atoms with Gasteiger partial charge in [0, 0.05) is 49.4 Å². The molecule has 2 aromatic heterocycles. The second-order valence-corrected chi connectivity index (χ2v) is 11.9. The Labute approximate surface area is 282 Å². The zero-order chi connectivity index (χ0) is 34.8. The Bertz CT molecular complexity index is 2160. The van der Waals surface area contributed by atoms with E-state index in [1.165, 1.54) is 24.2 Å². The van der Waals surface area contributed by atoms with Gasteiger partial charge in [0.15, 0.2) is 23.3 Å². The minimum atomic E-state index is -1.66. The van der Waals surface area contributed by atoms with Gasteiger partial charge in [0.05, 0.1) is 38.9 Å². The van der Waals surface area contributed by atoms with Crippen molar-refractivity contribution in [1.82, 2.24) is 34.1 Å².